The fourth-order valence-corrected chi connectivity index (χ4v) is 4.81. The van der Waals surface area contributed by atoms with Gasteiger partial charge in [-0.2, -0.15) is 9.78 Å². The number of furan rings is 1. The molecule has 4 aromatic carbocycles. The summed E-state index contributed by atoms with van der Waals surface area (Å²) in [5.74, 6) is 1.29. The quantitative estimate of drug-likeness (QED) is 0.178. The van der Waals surface area contributed by atoms with Gasteiger partial charge in [-0.1, -0.05) is 48.0 Å². The van der Waals surface area contributed by atoms with Crippen molar-refractivity contribution in [2.24, 2.45) is 5.10 Å². The molecule has 6 rings (SSSR count). The normalized spacial score (nSPS) is 11.4. The zero-order valence-electron chi connectivity index (χ0n) is 22.5. The Morgan fingerprint density at radius 2 is 1.74 bits per heavy atom. The van der Waals surface area contributed by atoms with Gasteiger partial charge in [0.05, 0.1) is 36.7 Å². The number of benzene rings is 4. The van der Waals surface area contributed by atoms with Crippen LogP contribution < -0.4 is 19.8 Å². The summed E-state index contributed by atoms with van der Waals surface area (Å²) in [6.45, 7) is -0.0744. The van der Waals surface area contributed by atoms with Gasteiger partial charge in [0.15, 0.2) is 17.3 Å². The van der Waals surface area contributed by atoms with Crippen molar-refractivity contribution in [2.75, 3.05) is 14.2 Å². The Bertz CT molecular complexity index is 2040. The molecular weight excluding hydrogens is 561 g/mol. The number of hydrogen-bond donors (Lipinski definition) is 0. The fourth-order valence-electron chi connectivity index (χ4n) is 4.59. The molecule has 0 N–H and O–H groups in total. The topological polar surface area (TPSA) is 88.1 Å². The third-order valence-corrected chi connectivity index (χ3v) is 6.84. The third kappa shape index (κ3) is 5.06. The molecule has 0 atom stereocenters. The van der Waals surface area contributed by atoms with Crippen LogP contribution in [0.4, 0.5) is 4.39 Å². The second-order valence-electron chi connectivity index (χ2n) is 9.20. The predicted octanol–water partition coefficient (Wildman–Crippen LogP) is 7.08. The molecule has 6 aromatic rings. The Morgan fingerprint density at radius 3 is 2.55 bits per heavy atom. The van der Waals surface area contributed by atoms with Crippen LogP contribution in [-0.4, -0.2) is 30.1 Å². The van der Waals surface area contributed by atoms with Crippen LogP contribution >= 0.6 is 11.6 Å². The van der Waals surface area contributed by atoms with E-state index >= 15 is 0 Å². The van der Waals surface area contributed by atoms with Gasteiger partial charge in [-0.05, 0) is 42.5 Å². The Balaban J connectivity index is 1.49. The zero-order chi connectivity index (χ0) is 29.2. The van der Waals surface area contributed by atoms with E-state index in [0.717, 1.165) is 10.1 Å². The van der Waals surface area contributed by atoms with Gasteiger partial charge in [-0.25, -0.2) is 9.37 Å². The van der Waals surface area contributed by atoms with Crippen LogP contribution in [0.5, 0.6) is 17.2 Å². The minimum Gasteiger partial charge on any atom is -0.496 e. The molecule has 0 spiro atoms. The van der Waals surface area contributed by atoms with Crippen LogP contribution in [0.15, 0.2) is 99.2 Å². The number of rotatable bonds is 8. The highest BCUT2D eigenvalue weighted by atomic mass is 35.5. The monoisotopic (exact) mass is 583 g/mol. The summed E-state index contributed by atoms with van der Waals surface area (Å²) in [5.41, 5.74) is 1.38. The van der Waals surface area contributed by atoms with E-state index in [9.17, 15) is 9.18 Å². The zero-order valence-corrected chi connectivity index (χ0v) is 23.3. The molecule has 210 valence electrons. The molecule has 42 heavy (non-hydrogen) atoms. The van der Waals surface area contributed by atoms with E-state index < -0.39 is 11.4 Å². The number of halogens is 2. The molecule has 2 heterocycles. The number of nitrogens with zero attached hydrogens (tertiary/aromatic N) is 3. The molecule has 0 amide bonds. The number of fused-ring (bicyclic) bond motifs is 2. The summed E-state index contributed by atoms with van der Waals surface area (Å²) in [6.07, 6.45) is 1.41. The fraction of sp³-hybridized carbons (Fsp3) is 0.0938. The standard InChI is InChI=1S/C32H23ClFN3O5/c1-39-26-12-7-13-27-23(26)16-29(42-27)31-36-25-11-6-4-9-22(25)32(38)37(31)35-17-20-14-21(33)15-28(40-2)30(20)41-18-19-8-3-5-10-24(19)34/h3-17H,18H2,1-2H3. The van der Waals surface area contributed by atoms with Gasteiger partial charge >= 0.3 is 0 Å². The van der Waals surface area contributed by atoms with Gasteiger partial charge in [-0.15, -0.1) is 0 Å². The Labute approximate surface area is 244 Å². The maximum Gasteiger partial charge on any atom is 0.282 e. The SMILES string of the molecule is COc1cc(Cl)cc(C=Nn2c(-c3cc4c(OC)cccc4o3)nc3ccccc3c2=O)c1OCc1ccccc1F. The van der Waals surface area contributed by atoms with Gasteiger partial charge in [-0.3, -0.25) is 4.79 Å². The van der Waals surface area contributed by atoms with E-state index in [0.29, 0.717) is 49.9 Å². The van der Waals surface area contributed by atoms with Crippen LogP contribution in [0, 0.1) is 5.82 Å². The Morgan fingerprint density at radius 1 is 0.952 bits per heavy atom. The lowest BCUT2D eigenvalue weighted by Gasteiger charge is -2.14. The van der Waals surface area contributed by atoms with E-state index in [1.165, 1.54) is 19.4 Å². The average molecular weight is 584 g/mol. The highest BCUT2D eigenvalue weighted by molar-refractivity contribution is 6.31. The van der Waals surface area contributed by atoms with Crippen molar-refractivity contribution >= 4 is 39.7 Å². The first-order valence-electron chi connectivity index (χ1n) is 12.8. The van der Waals surface area contributed by atoms with E-state index in [4.69, 9.17) is 35.2 Å². The molecule has 2 aromatic heterocycles. The minimum atomic E-state index is -0.415. The van der Waals surface area contributed by atoms with Gasteiger partial charge in [0.25, 0.3) is 5.56 Å². The maximum atomic E-state index is 14.3. The van der Waals surface area contributed by atoms with Gasteiger partial charge < -0.3 is 18.6 Å². The molecule has 0 aliphatic carbocycles. The second-order valence-corrected chi connectivity index (χ2v) is 9.64. The molecule has 10 heteroatoms. The van der Waals surface area contributed by atoms with E-state index in [1.54, 1.807) is 73.8 Å². The molecule has 8 nitrogen and oxygen atoms in total. The number of ether oxygens (including phenoxy) is 3. The van der Waals surface area contributed by atoms with Crippen molar-refractivity contribution in [1.82, 2.24) is 9.66 Å². The predicted molar refractivity (Wildman–Crippen MR) is 159 cm³/mol. The van der Waals surface area contributed by atoms with Crippen molar-refractivity contribution in [2.45, 2.75) is 6.61 Å². The molecule has 0 unspecified atom stereocenters. The van der Waals surface area contributed by atoms with Crippen LogP contribution in [0.25, 0.3) is 33.5 Å². The lowest BCUT2D eigenvalue weighted by Crippen LogP contribution is -2.20. The summed E-state index contributed by atoms with van der Waals surface area (Å²) in [7, 11) is 3.04. The molecular formula is C32H23ClFN3O5. The highest BCUT2D eigenvalue weighted by Crippen LogP contribution is 2.35. The highest BCUT2D eigenvalue weighted by Gasteiger charge is 2.19. The average Bonchev–Trinajstić information content (AvgIpc) is 3.45. The number of hydrogen-bond acceptors (Lipinski definition) is 7. The molecule has 0 radical (unpaired) electrons. The van der Waals surface area contributed by atoms with Crippen molar-refractivity contribution in [3.05, 3.63) is 117 Å². The Kier molecular flexibility index (Phi) is 7.33. The van der Waals surface area contributed by atoms with Crippen LogP contribution in [0.3, 0.4) is 0 Å². The van der Waals surface area contributed by atoms with E-state index in [2.05, 4.69) is 5.10 Å². The molecule has 0 saturated carbocycles. The Hall–Kier alpha value is -5.15. The smallest absolute Gasteiger partial charge is 0.282 e. The van der Waals surface area contributed by atoms with Crippen molar-refractivity contribution in [1.29, 1.82) is 0 Å². The summed E-state index contributed by atoms with van der Waals surface area (Å²) < 4.78 is 38.5. The molecule has 0 fully saturated rings. The third-order valence-electron chi connectivity index (χ3n) is 6.63. The molecule has 0 saturated heterocycles. The van der Waals surface area contributed by atoms with Gasteiger partial charge in [0, 0.05) is 22.2 Å². The molecule has 0 aliphatic rings. The summed E-state index contributed by atoms with van der Waals surface area (Å²) in [5, 5.41) is 5.96. The van der Waals surface area contributed by atoms with Crippen LogP contribution in [0.1, 0.15) is 11.1 Å². The molecule has 0 aliphatic heterocycles. The van der Waals surface area contributed by atoms with Crippen LogP contribution in [-0.2, 0) is 6.61 Å². The summed E-state index contributed by atoms with van der Waals surface area (Å²) >= 11 is 6.37. The number of aromatic nitrogens is 2. The lowest BCUT2D eigenvalue weighted by atomic mass is 10.2. The molecule has 0 bridgehead atoms. The minimum absolute atomic E-state index is 0.0744. The first kappa shape index (κ1) is 27.0. The summed E-state index contributed by atoms with van der Waals surface area (Å²) in [6, 6.07) is 23.6. The number of methoxy groups -OCH3 is 2. The van der Waals surface area contributed by atoms with Crippen molar-refractivity contribution in [3.63, 3.8) is 0 Å². The second kappa shape index (κ2) is 11.4. The van der Waals surface area contributed by atoms with Gasteiger partial charge in [0.2, 0.25) is 5.82 Å². The first-order valence-corrected chi connectivity index (χ1v) is 13.2. The van der Waals surface area contributed by atoms with E-state index in [1.807, 2.05) is 12.1 Å². The largest absolute Gasteiger partial charge is 0.496 e. The van der Waals surface area contributed by atoms with E-state index in [-0.39, 0.29) is 18.2 Å². The van der Waals surface area contributed by atoms with Crippen molar-refractivity contribution < 1.29 is 23.0 Å². The lowest BCUT2D eigenvalue weighted by molar-refractivity contribution is 0.279. The number of para-hydroxylation sites is 1. The van der Waals surface area contributed by atoms with Crippen molar-refractivity contribution in [3.8, 4) is 28.8 Å². The maximum absolute atomic E-state index is 14.3. The van der Waals surface area contributed by atoms with Gasteiger partial charge in [0.1, 0.15) is 23.8 Å². The van der Waals surface area contributed by atoms with Crippen LogP contribution in [0.2, 0.25) is 5.02 Å². The summed E-state index contributed by atoms with van der Waals surface area (Å²) in [4.78, 5) is 18.4. The first-order chi connectivity index (χ1) is 20.5.